The number of esters is 1. The number of amides is 1. The lowest BCUT2D eigenvalue weighted by molar-refractivity contribution is -0.136. The SMILES string of the molecule is CCC(F)(F)/C=C(\NC(=O)OC(C)(C)C)C(=O)OC. The van der Waals surface area contributed by atoms with Gasteiger partial charge in [-0.25, -0.2) is 18.4 Å². The van der Waals surface area contributed by atoms with Crippen molar-refractivity contribution >= 4 is 12.1 Å². The quantitative estimate of drug-likeness (QED) is 0.634. The highest BCUT2D eigenvalue weighted by Crippen LogP contribution is 2.21. The molecule has 0 spiro atoms. The van der Waals surface area contributed by atoms with E-state index in [9.17, 15) is 18.4 Å². The van der Waals surface area contributed by atoms with E-state index in [-0.39, 0.29) is 0 Å². The molecule has 0 atom stereocenters. The molecule has 0 heterocycles. The Kier molecular flexibility index (Phi) is 5.92. The van der Waals surface area contributed by atoms with Crippen LogP contribution in [0, 0.1) is 0 Å². The van der Waals surface area contributed by atoms with Crippen LogP contribution in [0.2, 0.25) is 0 Å². The normalized spacial score (nSPS) is 12.9. The summed E-state index contributed by atoms with van der Waals surface area (Å²) in [6, 6.07) is 0. The topological polar surface area (TPSA) is 64.6 Å². The lowest BCUT2D eigenvalue weighted by Gasteiger charge is -2.20. The van der Waals surface area contributed by atoms with Crippen LogP contribution in [-0.4, -0.2) is 30.7 Å². The van der Waals surface area contributed by atoms with Gasteiger partial charge in [-0.1, -0.05) is 6.92 Å². The fourth-order valence-corrected chi connectivity index (χ4v) is 0.983. The summed E-state index contributed by atoms with van der Waals surface area (Å²) >= 11 is 0. The van der Waals surface area contributed by atoms with E-state index < -0.39 is 35.7 Å². The van der Waals surface area contributed by atoms with Crippen molar-refractivity contribution in [2.24, 2.45) is 0 Å². The molecule has 5 nitrogen and oxygen atoms in total. The Bertz CT molecular complexity index is 372. The van der Waals surface area contributed by atoms with Gasteiger partial charge in [-0.05, 0) is 20.8 Å². The van der Waals surface area contributed by atoms with Crippen LogP contribution in [0.15, 0.2) is 11.8 Å². The molecule has 1 amide bonds. The van der Waals surface area contributed by atoms with Crippen molar-refractivity contribution in [1.82, 2.24) is 5.32 Å². The Hall–Kier alpha value is -1.66. The number of ether oxygens (including phenoxy) is 2. The maximum atomic E-state index is 13.2. The van der Waals surface area contributed by atoms with E-state index in [1.165, 1.54) is 6.92 Å². The first-order valence-corrected chi connectivity index (χ1v) is 5.69. The Morgan fingerprint density at radius 2 is 1.79 bits per heavy atom. The molecule has 7 heteroatoms. The second kappa shape index (κ2) is 6.49. The van der Waals surface area contributed by atoms with E-state index in [4.69, 9.17) is 4.74 Å². The number of methoxy groups -OCH3 is 1. The van der Waals surface area contributed by atoms with Gasteiger partial charge in [0.05, 0.1) is 7.11 Å². The first-order chi connectivity index (χ1) is 8.50. The fraction of sp³-hybridized carbons (Fsp3) is 0.667. The van der Waals surface area contributed by atoms with Gasteiger partial charge in [-0.2, -0.15) is 0 Å². The van der Waals surface area contributed by atoms with Gasteiger partial charge in [0.1, 0.15) is 11.3 Å². The monoisotopic (exact) mass is 279 g/mol. The minimum absolute atomic E-state index is 0.350. The summed E-state index contributed by atoms with van der Waals surface area (Å²) in [5.41, 5.74) is -1.46. The number of alkyl halides is 2. The van der Waals surface area contributed by atoms with Crippen LogP contribution < -0.4 is 5.32 Å². The third-order valence-electron chi connectivity index (χ3n) is 1.87. The standard InChI is InChI=1S/C12H19F2NO4/c1-6-12(13,14)7-8(9(16)18-5)15-10(17)19-11(2,3)4/h7H,6H2,1-5H3,(H,15,17)/b8-7-. The number of carbonyl (C=O) groups is 2. The maximum absolute atomic E-state index is 13.2. The largest absolute Gasteiger partial charge is 0.464 e. The van der Waals surface area contributed by atoms with Crippen molar-refractivity contribution in [1.29, 1.82) is 0 Å². The third-order valence-corrected chi connectivity index (χ3v) is 1.87. The van der Waals surface area contributed by atoms with Crippen LogP contribution in [0.25, 0.3) is 0 Å². The molecule has 0 radical (unpaired) electrons. The summed E-state index contributed by atoms with van der Waals surface area (Å²) in [7, 11) is 1.02. The number of hydrogen-bond donors (Lipinski definition) is 1. The Morgan fingerprint density at radius 3 is 2.16 bits per heavy atom. The van der Waals surface area contributed by atoms with Gasteiger partial charge in [0, 0.05) is 12.5 Å². The van der Waals surface area contributed by atoms with Gasteiger partial charge in [0.15, 0.2) is 0 Å². The molecule has 19 heavy (non-hydrogen) atoms. The molecule has 0 unspecified atom stereocenters. The molecule has 0 rings (SSSR count). The number of allylic oxidation sites excluding steroid dienone is 1. The zero-order chi connectivity index (χ0) is 15.3. The highest BCUT2D eigenvalue weighted by atomic mass is 19.3. The predicted molar refractivity (Wildman–Crippen MR) is 64.7 cm³/mol. The summed E-state index contributed by atoms with van der Waals surface area (Å²) in [6.07, 6.45) is -1.16. The minimum atomic E-state index is -3.22. The fourth-order valence-electron chi connectivity index (χ4n) is 0.983. The smallest absolute Gasteiger partial charge is 0.412 e. The zero-order valence-electron chi connectivity index (χ0n) is 11.7. The number of hydrogen-bond acceptors (Lipinski definition) is 4. The van der Waals surface area contributed by atoms with E-state index in [1.807, 2.05) is 5.32 Å². The first kappa shape index (κ1) is 17.3. The average Bonchev–Trinajstić information content (AvgIpc) is 2.24. The van der Waals surface area contributed by atoms with E-state index in [2.05, 4.69) is 4.74 Å². The van der Waals surface area contributed by atoms with Crippen molar-refractivity contribution in [2.75, 3.05) is 7.11 Å². The van der Waals surface area contributed by atoms with Gasteiger partial charge in [-0.3, -0.25) is 5.32 Å². The van der Waals surface area contributed by atoms with E-state index in [0.717, 1.165) is 7.11 Å². The molecule has 0 aromatic rings. The predicted octanol–water partition coefficient (Wildman–Crippen LogP) is 2.61. The zero-order valence-corrected chi connectivity index (χ0v) is 11.7. The summed E-state index contributed by atoms with van der Waals surface area (Å²) in [4.78, 5) is 22.7. The van der Waals surface area contributed by atoms with Crippen LogP contribution in [0.4, 0.5) is 13.6 Å². The van der Waals surface area contributed by atoms with Crippen molar-refractivity contribution in [3.05, 3.63) is 11.8 Å². The Balaban J connectivity index is 5.00. The van der Waals surface area contributed by atoms with Crippen LogP contribution >= 0.6 is 0 Å². The van der Waals surface area contributed by atoms with E-state index in [1.54, 1.807) is 20.8 Å². The molecular weight excluding hydrogens is 260 g/mol. The van der Waals surface area contributed by atoms with E-state index >= 15 is 0 Å². The van der Waals surface area contributed by atoms with Gasteiger partial charge in [0.2, 0.25) is 0 Å². The molecule has 0 aromatic heterocycles. The third kappa shape index (κ3) is 7.38. The number of carbonyl (C=O) groups excluding carboxylic acids is 2. The van der Waals surface area contributed by atoms with Crippen LogP contribution in [0.3, 0.4) is 0 Å². The van der Waals surface area contributed by atoms with Crippen molar-refractivity contribution < 1.29 is 27.8 Å². The number of alkyl carbamates (subject to hydrolysis) is 1. The first-order valence-electron chi connectivity index (χ1n) is 5.69. The Labute approximate surface area is 110 Å². The molecule has 0 saturated carbocycles. The van der Waals surface area contributed by atoms with Crippen LogP contribution in [-0.2, 0) is 14.3 Å². The van der Waals surface area contributed by atoms with Crippen molar-refractivity contribution in [3.63, 3.8) is 0 Å². The van der Waals surface area contributed by atoms with Gasteiger partial charge < -0.3 is 9.47 Å². The highest BCUT2D eigenvalue weighted by Gasteiger charge is 2.28. The van der Waals surface area contributed by atoms with Gasteiger partial charge in [-0.15, -0.1) is 0 Å². The second-order valence-corrected chi connectivity index (χ2v) is 4.79. The maximum Gasteiger partial charge on any atom is 0.412 e. The molecule has 0 aliphatic carbocycles. The molecular formula is C12H19F2NO4. The summed E-state index contributed by atoms with van der Waals surface area (Å²) in [6.45, 7) is 6.07. The Morgan fingerprint density at radius 1 is 1.26 bits per heavy atom. The number of halogens is 2. The lowest BCUT2D eigenvalue weighted by Crippen LogP contribution is -2.35. The average molecular weight is 279 g/mol. The van der Waals surface area contributed by atoms with Gasteiger partial charge >= 0.3 is 12.1 Å². The molecule has 110 valence electrons. The van der Waals surface area contributed by atoms with Crippen molar-refractivity contribution in [2.45, 2.75) is 45.6 Å². The lowest BCUT2D eigenvalue weighted by atomic mass is 10.2. The van der Waals surface area contributed by atoms with Crippen LogP contribution in [0.1, 0.15) is 34.1 Å². The van der Waals surface area contributed by atoms with Crippen molar-refractivity contribution in [3.8, 4) is 0 Å². The summed E-state index contributed by atoms with van der Waals surface area (Å²) in [5.74, 6) is -4.29. The molecule has 0 aromatic carbocycles. The number of rotatable bonds is 4. The minimum Gasteiger partial charge on any atom is -0.464 e. The highest BCUT2D eigenvalue weighted by molar-refractivity contribution is 5.92. The van der Waals surface area contributed by atoms with E-state index in [0.29, 0.717) is 6.08 Å². The molecule has 0 aliphatic rings. The van der Waals surface area contributed by atoms with Gasteiger partial charge in [0.25, 0.3) is 5.92 Å². The molecule has 1 N–H and O–H groups in total. The summed E-state index contributed by atoms with van der Waals surface area (Å²) in [5, 5.41) is 1.96. The second-order valence-electron chi connectivity index (χ2n) is 4.79. The molecule has 0 aliphatic heterocycles. The summed E-state index contributed by atoms with van der Waals surface area (Å²) < 4.78 is 35.6. The van der Waals surface area contributed by atoms with Crippen LogP contribution in [0.5, 0.6) is 0 Å². The number of nitrogens with one attached hydrogen (secondary N) is 1. The molecule has 0 fully saturated rings. The molecule has 0 saturated heterocycles. The molecule has 0 bridgehead atoms.